The maximum absolute atomic E-state index is 12.6. The van der Waals surface area contributed by atoms with Crippen molar-refractivity contribution in [1.29, 1.82) is 5.26 Å². The molecule has 1 aliphatic heterocycles. The lowest BCUT2D eigenvalue weighted by atomic mass is 10.0. The lowest BCUT2D eigenvalue weighted by Gasteiger charge is -2.04. The van der Waals surface area contributed by atoms with Crippen molar-refractivity contribution in [3.05, 3.63) is 57.9 Å². The van der Waals surface area contributed by atoms with E-state index < -0.39 is 9.84 Å². The maximum atomic E-state index is 12.6. The van der Waals surface area contributed by atoms with Crippen molar-refractivity contribution in [2.24, 2.45) is 5.92 Å². The molecule has 100 valence electrons. The molecule has 0 spiro atoms. The largest absolute Gasteiger partial charge is 0.270 e. The van der Waals surface area contributed by atoms with Crippen molar-refractivity contribution in [2.75, 3.05) is 0 Å². The van der Waals surface area contributed by atoms with E-state index in [2.05, 4.69) is 4.85 Å². The zero-order valence-electron chi connectivity index (χ0n) is 11.1. The van der Waals surface area contributed by atoms with Crippen molar-refractivity contribution < 1.29 is 8.42 Å². The molecular formula is C15H12N2O2S. The fourth-order valence-corrected chi connectivity index (χ4v) is 4.03. The van der Waals surface area contributed by atoms with E-state index in [1.165, 1.54) is 6.07 Å². The summed E-state index contributed by atoms with van der Waals surface area (Å²) in [7, 11) is -3.65. The molecule has 0 fully saturated rings. The van der Waals surface area contributed by atoms with E-state index in [-0.39, 0.29) is 27.0 Å². The molecule has 0 N–H and O–H groups in total. The van der Waals surface area contributed by atoms with Crippen LogP contribution in [0.1, 0.15) is 19.4 Å². The Bertz CT molecular complexity index is 800. The van der Waals surface area contributed by atoms with Crippen LogP contribution in [-0.4, -0.2) is 8.42 Å². The van der Waals surface area contributed by atoms with Gasteiger partial charge in [0, 0.05) is 5.57 Å². The Balaban J connectivity index is 2.96. The minimum atomic E-state index is -3.65. The summed E-state index contributed by atoms with van der Waals surface area (Å²) >= 11 is 0. The molecule has 20 heavy (non-hydrogen) atoms. The molecule has 2 rings (SSSR count). The van der Waals surface area contributed by atoms with E-state index in [4.69, 9.17) is 11.8 Å². The van der Waals surface area contributed by atoms with Crippen LogP contribution in [0, 0.1) is 23.8 Å². The van der Waals surface area contributed by atoms with Crippen molar-refractivity contribution in [3.63, 3.8) is 0 Å². The molecule has 0 saturated heterocycles. The summed E-state index contributed by atoms with van der Waals surface area (Å²) in [5.41, 5.74) is 0.476. The maximum Gasteiger partial charge on any atom is 0.270 e. The molecular weight excluding hydrogens is 272 g/mol. The summed E-state index contributed by atoms with van der Waals surface area (Å²) in [6, 6.07) is 8.27. The first-order valence-corrected chi connectivity index (χ1v) is 7.50. The van der Waals surface area contributed by atoms with E-state index in [1.807, 2.05) is 13.8 Å². The SMILES string of the molecule is [C-]#[N+]/C(C#N)=C1/C(=C/C(C)C)S(=O)(=O)c2ccccc21. The number of nitrogens with zero attached hydrogens (tertiary/aromatic N) is 2. The molecule has 4 nitrogen and oxygen atoms in total. The van der Waals surface area contributed by atoms with Crippen LogP contribution in [0.25, 0.3) is 10.4 Å². The summed E-state index contributed by atoms with van der Waals surface area (Å²) in [5.74, 6) is -0.00485. The third kappa shape index (κ3) is 2.03. The molecule has 0 amide bonds. The highest BCUT2D eigenvalue weighted by Crippen LogP contribution is 2.45. The number of benzene rings is 1. The van der Waals surface area contributed by atoms with E-state index >= 15 is 0 Å². The first kappa shape index (κ1) is 14.0. The van der Waals surface area contributed by atoms with E-state index in [9.17, 15) is 8.42 Å². The Labute approximate surface area is 118 Å². The van der Waals surface area contributed by atoms with Gasteiger partial charge in [-0.3, -0.25) is 0 Å². The fourth-order valence-electron chi connectivity index (χ4n) is 2.15. The molecule has 0 radical (unpaired) electrons. The average Bonchev–Trinajstić information content (AvgIpc) is 2.62. The van der Waals surface area contributed by atoms with Crippen LogP contribution in [0.15, 0.2) is 45.8 Å². The highest BCUT2D eigenvalue weighted by Gasteiger charge is 2.37. The number of rotatable bonds is 1. The van der Waals surface area contributed by atoms with Gasteiger partial charge in [0.15, 0.2) is 0 Å². The second kappa shape index (κ2) is 4.96. The molecule has 1 aromatic rings. The average molecular weight is 284 g/mol. The van der Waals surface area contributed by atoms with Crippen LogP contribution in [-0.2, 0) is 9.84 Å². The lowest BCUT2D eigenvalue weighted by Crippen LogP contribution is -2.00. The van der Waals surface area contributed by atoms with Crippen LogP contribution >= 0.6 is 0 Å². The van der Waals surface area contributed by atoms with Gasteiger partial charge in [-0.2, -0.15) is 0 Å². The van der Waals surface area contributed by atoms with Crippen LogP contribution in [0.3, 0.4) is 0 Å². The third-order valence-electron chi connectivity index (χ3n) is 2.92. The summed E-state index contributed by atoms with van der Waals surface area (Å²) in [4.78, 5) is 3.41. The standard InChI is InChI=1S/C15H12N2O2S/c1-10(2)8-14-15(12(9-16)17-3)11-6-4-5-7-13(11)20(14,18)19/h4-8,10H,1-2H3/b14-8-,15-12+. The Morgan fingerprint density at radius 2 is 2.05 bits per heavy atom. The summed E-state index contributed by atoms with van der Waals surface area (Å²) in [6.07, 6.45) is 1.59. The molecule has 1 aromatic carbocycles. The van der Waals surface area contributed by atoms with Gasteiger partial charge in [-0.25, -0.2) is 18.5 Å². The van der Waals surface area contributed by atoms with Gasteiger partial charge < -0.3 is 0 Å². The molecule has 0 atom stereocenters. The second-order valence-corrected chi connectivity index (χ2v) is 6.61. The van der Waals surface area contributed by atoms with Crippen LogP contribution in [0.4, 0.5) is 0 Å². The molecule has 0 bridgehead atoms. The number of hydrogen-bond acceptors (Lipinski definition) is 3. The number of sulfone groups is 1. The predicted octanol–water partition coefficient (Wildman–Crippen LogP) is 3.17. The monoisotopic (exact) mass is 284 g/mol. The van der Waals surface area contributed by atoms with Crippen LogP contribution < -0.4 is 0 Å². The van der Waals surface area contributed by atoms with Gasteiger partial charge in [0.05, 0.1) is 22.4 Å². The molecule has 1 heterocycles. The topological polar surface area (TPSA) is 62.3 Å². The highest BCUT2D eigenvalue weighted by molar-refractivity contribution is 7.96. The van der Waals surface area contributed by atoms with Crippen molar-refractivity contribution in [1.82, 2.24) is 0 Å². The fraction of sp³-hybridized carbons (Fsp3) is 0.200. The molecule has 0 saturated carbocycles. The quantitative estimate of drug-likeness (QED) is 0.588. The van der Waals surface area contributed by atoms with Gasteiger partial charge in [0.2, 0.25) is 9.84 Å². The van der Waals surface area contributed by atoms with Crippen molar-refractivity contribution in [2.45, 2.75) is 18.7 Å². The smallest absolute Gasteiger partial charge is 0.226 e. The highest BCUT2D eigenvalue weighted by atomic mass is 32.2. The summed E-state index contributed by atoms with van der Waals surface area (Å²) in [6.45, 7) is 10.8. The predicted molar refractivity (Wildman–Crippen MR) is 75.7 cm³/mol. The molecule has 0 unspecified atom stereocenters. The molecule has 0 aromatic heterocycles. The summed E-state index contributed by atoms with van der Waals surface area (Å²) in [5, 5.41) is 9.09. The van der Waals surface area contributed by atoms with Crippen LogP contribution in [0.5, 0.6) is 0 Å². The Kier molecular flexibility index (Phi) is 3.48. The molecule has 5 heteroatoms. The molecule has 0 aliphatic carbocycles. The zero-order chi connectivity index (χ0) is 14.9. The Morgan fingerprint density at radius 3 is 2.60 bits per heavy atom. The Hall–Kier alpha value is -2.37. The Morgan fingerprint density at radius 1 is 1.40 bits per heavy atom. The number of nitriles is 1. The first-order chi connectivity index (χ1) is 9.43. The van der Waals surface area contributed by atoms with E-state index in [0.29, 0.717) is 5.56 Å². The summed E-state index contributed by atoms with van der Waals surface area (Å²) < 4.78 is 25.1. The number of allylic oxidation sites excluding steroid dienone is 3. The zero-order valence-corrected chi connectivity index (χ0v) is 11.9. The van der Waals surface area contributed by atoms with Gasteiger partial charge in [-0.15, -0.1) is 0 Å². The number of hydrogen-bond donors (Lipinski definition) is 0. The van der Waals surface area contributed by atoms with E-state index in [1.54, 1.807) is 30.3 Å². The normalized spacial score (nSPS) is 20.4. The van der Waals surface area contributed by atoms with E-state index in [0.717, 1.165) is 0 Å². The minimum Gasteiger partial charge on any atom is -0.226 e. The first-order valence-electron chi connectivity index (χ1n) is 6.02. The van der Waals surface area contributed by atoms with Crippen molar-refractivity contribution in [3.8, 4) is 6.07 Å². The van der Waals surface area contributed by atoms with Crippen molar-refractivity contribution >= 4 is 15.4 Å². The van der Waals surface area contributed by atoms with Gasteiger partial charge >= 0.3 is 0 Å². The second-order valence-electron chi connectivity index (χ2n) is 4.72. The van der Waals surface area contributed by atoms with Gasteiger partial charge in [-0.05, 0) is 17.5 Å². The van der Waals surface area contributed by atoms with Crippen LogP contribution in [0.2, 0.25) is 0 Å². The minimum absolute atomic E-state index is 0.00485. The number of fused-ring (bicyclic) bond motifs is 1. The lowest BCUT2D eigenvalue weighted by molar-refractivity contribution is 0.604. The van der Waals surface area contributed by atoms with Gasteiger partial charge in [0.25, 0.3) is 5.70 Å². The van der Waals surface area contributed by atoms with Gasteiger partial charge in [0.1, 0.15) is 0 Å². The molecule has 1 aliphatic rings. The van der Waals surface area contributed by atoms with Gasteiger partial charge in [-0.1, -0.05) is 38.1 Å². The third-order valence-corrected chi connectivity index (χ3v) is 4.78.